The van der Waals surface area contributed by atoms with E-state index >= 15 is 0 Å². The van der Waals surface area contributed by atoms with Crippen molar-refractivity contribution >= 4 is 0 Å². The van der Waals surface area contributed by atoms with Crippen LogP contribution in [0.15, 0.2) is 48.5 Å². The number of unbranched alkanes of at least 4 members (excludes halogenated alkanes) is 5. The zero-order valence-corrected chi connectivity index (χ0v) is 19.3. The Morgan fingerprint density at radius 1 is 0.690 bits per heavy atom. The lowest BCUT2D eigenvalue weighted by Crippen LogP contribution is -2.14. The fraction of sp³-hybridized carbons (Fsp3) is 0.571. The molecule has 1 heteroatoms. The lowest BCUT2D eigenvalue weighted by atomic mass is 9.77. The Labute approximate surface area is 179 Å². The molecule has 160 valence electrons. The molecule has 0 fully saturated rings. The van der Waals surface area contributed by atoms with Gasteiger partial charge in [-0.1, -0.05) is 108 Å². The summed E-state index contributed by atoms with van der Waals surface area (Å²) in [5.74, 6) is 2.16. The average molecular weight is 395 g/mol. The molecule has 2 rings (SSSR count). The Hall–Kier alpha value is -1.76. The summed E-state index contributed by atoms with van der Waals surface area (Å²) < 4.78 is 5.99. The number of hydrogen-bond donors (Lipinski definition) is 0. The molecular formula is C28H42O. The Morgan fingerprint density at radius 2 is 1.28 bits per heavy atom. The maximum Gasteiger partial charge on any atom is 0.119 e. The van der Waals surface area contributed by atoms with Crippen LogP contribution < -0.4 is 4.74 Å². The van der Waals surface area contributed by atoms with E-state index in [4.69, 9.17) is 4.74 Å². The molecule has 0 aromatic heterocycles. The first kappa shape index (κ1) is 23.5. The molecule has 2 atom stereocenters. The predicted octanol–water partition coefficient (Wildman–Crippen LogP) is 8.69. The molecule has 2 unspecified atom stereocenters. The minimum absolute atomic E-state index is 0.468. The molecule has 0 amide bonds. The minimum atomic E-state index is 0.468. The number of hydrogen-bond acceptors (Lipinski definition) is 1. The van der Waals surface area contributed by atoms with Crippen LogP contribution in [0, 0.1) is 12.8 Å². The first-order valence-corrected chi connectivity index (χ1v) is 12.0. The lowest BCUT2D eigenvalue weighted by Gasteiger charge is -2.28. The fourth-order valence-corrected chi connectivity index (χ4v) is 4.25. The van der Waals surface area contributed by atoms with Gasteiger partial charge in [-0.3, -0.25) is 0 Å². The van der Waals surface area contributed by atoms with E-state index < -0.39 is 0 Å². The van der Waals surface area contributed by atoms with Crippen molar-refractivity contribution in [1.29, 1.82) is 0 Å². The second-order valence-electron chi connectivity index (χ2n) is 8.53. The molecule has 2 aromatic rings. The third-order valence-electron chi connectivity index (χ3n) is 6.12. The van der Waals surface area contributed by atoms with E-state index in [0.717, 1.165) is 18.8 Å². The van der Waals surface area contributed by atoms with E-state index in [0.29, 0.717) is 11.8 Å². The molecule has 0 saturated heterocycles. The number of ether oxygens (including phenoxy) is 1. The summed E-state index contributed by atoms with van der Waals surface area (Å²) in [4.78, 5) is 0. The molecule has 0 aliphatic rings. The van der Waals surface area contributed by atoms with Crippen LogP contribution in [0.5, 0.6) is 5.75 Å². The molecule has 2 aromatic carbocycles. The Kier molecular flexibility index (Phi) is 10.9. The van der Waals surface area contributed by atoms with Gasteiger partial charge in [0.2, 0.25) is 0 Å². The second kappa shape index (κ2) is 13.5. The monoisotopic (exact) mass is 394 g/mol. The predicted molar refractivity (Wildman–Crippen MR) is 127 cm³/mol. The van der Waals surface area contributed by atoms with Gasteiger partial charge < -0.3 is 4.74 Å². The van der Waals surface area contributed by atoms with Gasteiger partial charge in [0.1, 0.15) is 5.75 Å². The van der Waals surface area contributed by atoms with E-state index in [1.165, 1.54) is 68.1 Å². The van der Waals surface area contributed by atoms with Crippen LogP contribution in [0.25, 0.3) is 0 Å². The summed E-state index contributed by atoms with van der Waals surface area (Å²) in [6, 6.07) is 18.1. The largest absolute Gasteiger partial charge is 0.494 e. The van der Waals surface area contributed by atoms with Crippen molar-refractivity contribution in [2.45, 2.75) is 91.4 Å². The van der Waals surface area contributed by atoms with Crippen LogP contribution in [0.1, 0.15) is 101 Å². The van der Waals surface area contributed by atoms with E-state index in [-0.39, 0.29) is 0 Å². The van der Waals surface area contributed by atoms with Crippen molar-refractivity contribution in [1.82, 2.24) is 0 Å². The molecule has 0 bridgehead atoms. The highest BCUT2D eigenvalue weighted by Crippen LogP contribution is 2.37. The summed E-state index contributed by atoms with van der Waals surface area (Å²) in [5.41, 5.74) is 4.20. The first-order chi connectivity index (χ1) is 14.2. The van der Waals surface area contributed by atoms with Gasteiger partial charge in [0.05, 0.1) is 6.61 Å². The molecule has 1 nitrogen and oxygen atoms in total. The van der Waals surface area contributed by atoms with Crippen molar-refractivity contribution in [2.24, 2.45) is 5.92 Å². The van der Waals surface area contributed by atoms with Gasteiger partial charge in [0, 0.05) is 5.92 Å². The van der Waals surface area contributed by atoms with Crippen LogP contribution in [0.3, 0.4) is 0 Å². The molecule has 0 heterocycles. The molecular weight excluding hydrogens is 352 g/mol. The molecule has 0 saturated carbocycles. The average Bonchev–Trinajstić information content (AvgIpc) is 2.75. The fourth-order valence-electron chi connectivity index (χ4n) is 4.25. The van der Waals surface area contributed by atoms with Gasteiger partial charge >= 0.3 is 0 Å². The van der Waals surface area contributed by atoms with Crippen LogP contribution in [-0.4, -0.2) is 6.61 Å². The third kappa shape index (κ3) is 7.88. The van der Waals surface area contributed by atoms with Gasteiger partial charge in [-0.05, 0) is 48.9 Å². The van der Waals surface area contributed by atoms with Gasteiger partial charge in [0.15, 0.2) is 0 Å². The van der Waals surface area contributed by atoms with Gasteiger partial charge in [-0.25, -0.2) is 0 Å². The van der Waals surface area contributed by atoms with Crippen LogP contribution >= 0.6 is 0 Å². The highest BCUT2D eigenvalue weighted by Gasteiger charge is 2.23. The maximum absolute atomic E-state index is 5.99. The molecule has 0 N–H and O–H groups in total. The number of rotatable bonds is 14. The van der Waals surface area contributed by atoms with Crippen LogP contribution in [0.2, 0.25) is 0 Å². The van der Waals surface area contributed by atoms with Gasteiger partial charge in [-0.2, -0.15) is 0 Å². The van der Waals surface area contributed by atoms with Crippen LogP contribution in [-0.2, 0) is 0 Å². The number of benzene rings is 2. The standard InChI is InChI=1S/C28H42O/c1-5-8-10-11-12-22-29-27-20-18-26(19-21-27)28(24(7-3)13-9-6-2)25-16-14-23(4)15-17-25/h14-21,24,28H,5-13,22H2,1-4H3. The third-order valence-corrected chi connectivity index (χ3v) is 6.12. The quantitative estimate of drug-likeness (QED) is 0.291. The smallest absolute Gasteiger partial charge is 0.119 e. The SMILES string of the molecule is CCCCCCCOc1ccc(C(c2ccc(C)cc2)C(CC)CCCC)cc1. The molecule has 0 radical (unpaired) electrons. The Morgan fingerprint density at radius 3 is 1.86 bits per heavy atom. The summed E-state index contributed by atoms with van der Waals surface area (Å²) in [6.45, 7) is 9.90. The Bertz CT molecular complexity index is 656. The van der Waals surface area contributed by atoms with E-state index in [2.05, 4.69) is 76.2 Å². The summed E-state index contributed by atoms with van der Waals surface area (Å²) in [6.07, 6.45) is 11.5. The van der Waals surface area contributed by atoms with Crippen molar-refractivity contribution in [3.8, 4) is 5.75 Å². The van der Waals surface area contributed by atoms with Crippen molar-refractivity contribution in [2.75, 3.05) is 6.61 Å². The Balaban J connectivity index is 2.08. The molecule has 0 aliphatic carbocycles. The normalized spacial score (nSPS) is 13.2. The van der Waals surface area contributed by atoms with E-state index in [1.807, 2.05) is 0 Å². The zero-order chi connectivity index (χ0) is 20.9. The van der Waals surface area contributed by atoms with Crippen molar-refractivity contribution < 1.29 is 4.74 Å². The van der Waals surface area contributed by atoms with Crippen molar-refractivity contribution in [3.05, 3.63) is 65.2 Å². The minimum Gasteiger partial charge on any atom is -0.494 e. The lowest BCUT2D eigenvalue weighted by molar-refractivity contribution is 0.304. The van der Waals surface area contributed by atoms with Crippen LogP contribution in [0.4, 0.5) is 0 Å². The zero-order valence-electron chi connectivity index (χ0n) is 19.3. The van der Waals surface area contributed by atoms with Crippen molar-refractivity contribution in [3.63, 3.8) is 0 Å². The topological polar surface area (TPSA) is 9.23 Å². The molecule has 29 heavy (non-hydrogen) atoms. The molecule has 0 aliphatic heterocycles. The molecule has 0 spiro atoms. The van der Waals surface area contributed by atoms with Gasteiger partial charge in [0.25, 0.3) is 0 Å². The number of aryl methyl sites for hydroxylation is 1. The highest BCUT2D eigenvalue weighted by atomic mass is 16.5. The summed E-state index contributed by atoms with van der Waals surface area (Å²) in [7, 11) is 0. The summed E-state index contributed by atoms with van der Waals surface area (Å²) >= 11 is 0. The van der Waals surface area contributed by atoms with E-state index in [1.54, 1.807) is 0 Å². The first-order valence-electron chi connectivity index (χ1n) is 12.0. The van der Waals surface area contributed by atoms with Gasteiger partial charge in [-0.15, -0.1) is 0 Å². The second-order valence-corrected chi connectivity index (χ2v) is 8.53. The maximum atomic E-state index is 5.99. The van der Waals surface area contributed by atoms with E-state index in [9.17, 15) is 0 Å². The highest BCUT2D eigenvalue weighted by molar-refractivity contribution is 5.37. The summed E-state index contributed by atoms with van der Waals surface area (Å²) in [5, 5.41) is 0.